The van der Waals surface area contributed by atoms with Gasteiger partial charge in [-0.2, -0.15) is 4.98 Å². The first kappa shape index (κ1) is 16.4. The smallest absolute Gasteiger partial charge is 0.408 e. The summed E-state index contributed by atoms with van der Waals surface area (Å²) in [4.78, 5) is 16.5. The normalized spacial score (nSPS) is 27.2. The van der Waals surface area contributed by atoms with Crippen molar-refractivity contribution in [2.45, 2.75) is 56.6 Å². The molecule has 1 amide bonds. The molecule has 0 unspecified atom stereocenters. The third-order valence-corrected chi connectivity index (χ3v) is 5.03. The van der Waals surface area contributed by atoms with Crippen LogP contribution in [0, 0.1) is 0 Å². The van der Waals surface area contributed by atoms with E-state index >= 15 is 0 Å². The molecule has 5 rings (SSSR count). The van der Waals surface area contributed by atoms with Crippen molar-refractivity contribution in [2.75, 3.05) is 0 Å². The Morgan fingerprint density at radius 3 is 2.48 bits per heavy atom. The SMILES string of the molecule is CC(C)(C)OC(=O)NC12CC(c3nc(-c4ccc(Cl)cc4)no3)(C1)C2. The minimum atomic E-state index is -0.495. The molecule has 2 aromatic rings. The van der Waals surface area contributed by atoms with Gasteiger partial charge in [0.25, 0.3) is 0 Å². The second-order valence-electron chi connectivity index (χ2n) is 8.15. The lowest BCUT2D eigenvalue weighted by Gasteiger charge is -2.68. The second-order valence-corrected chi connectivity index (χ2v) is 8.58. The average molecular weight is 362 g/mol. The Morgan fingerprint density at radius 1 is 1.24 bits per heavy atom. The highest BCUT2D eigenvalue weighted by atomic mass is 35.5. The number of alkyl carbamates (subject to hydrolysis) is 1. The Labute approximate surface area is 150 Å². The predicted molar refractivity (Wildman–Crippen MR) is 92.4 cm³/mol. The van der Waals surface area contributed by atoms with E-state index in [4.69, 9.17) is 20.9 Å². The van der Waals surface area contributed by atoms with E-state index in [1.807, 2.05) is 32.9 Å². The van der Waals surface area contributed by atoms with Gasteiger partial charge in [0.2, 0.25) is 11.7 Å². The predicted octanol–water partition coefficient (Wildman–Crippen LogP) is 4.09. The highest BCUT2D eigenvalue weighted by molar-refractivity contribution is 6.30. The lowest BCUT2D eigenvalue weighted by molar-refractivity contribution is -0.105. The van der Waals surface area contributed by atoms with Gasteiger partial charge in [0, 0.05) is 16.1 Å². The van der Waals surface area contributed by atoms with Crippen LogP contribution in [0.1, 0.15) is 45.9 Å². The Kier molecular flexibility index (Phi) is 3.41. The summed E-state index contributed by atoms with van der Waals surface area (Å²) in [5.41, 5.74) is 0.0856. The average Bonchev–Trinajstić information content (AvgIpc) is 2.89. The van der Waals surface area contributed by atoms with Crippen LogP contribution in [0.3, 0.4) is 0 Å². The molecule has 3 fully saturated rings. The van der Waals surface area contributed by atoms with Gasteiger partial charge in [-0.05, 0) is 64.3 Å². The van der Waals surface area contributed by atoms with Gasteiger partial charge in [-0.1, -0.05) is 16.8 Å². The first-order valence-corrected chi connectivity index (χ1v) is 8.68. The Bertz CT molecular complexity index is 803. The summed E-state index contributed by atoms with van der Waals surface area (Å²) < 4.78 is 10.8. The summed E-state index contributed by atoms with van der Waals surface area (Å²) in [6.45, 7) is 5.56. The standard InChI is InChI=1S/C18H20ClN3O3/c1-16(2,3)24-15(23)21-18-8-17(9-18,10-18)14-20-13(22-25-14)11-4-6-12(19)7-5-11/h4-7H,8-10H2,1-3H3,(H,21,23). The number of halogens is 1. The molecule has 0 spiro atoms. The number of nitrogens with one attached hydrogen (secondary N) is 1. The number of benzene rings is 1. The number of amides is 1. The fourth-order valence-electron chi connectivity index (χ4n) is 3.82. The first-order valence-electron chi connectivity index (χ1n) is 8.30. The van der Waals surface area contributed by atoms with E-state index in [0.717, 1.165) is 24.8 Å². The summed E-state index contributed by atoms with van der Waals surface area (Å²) in [6.07, 6.45) is 2.05. The highest BCUT2D eigenvalue weighted by Gasteiger charge is 2.72. The summed E-state index contributed by atoms with van der Waals surface area (Å²) >= 11 is 5.90. The van der Waals surface area contributed by atoms with Crippen molar-refractivity contribution in [3.63, 3.8) is 0 Å². The van der Waals surface area contributed by atoms with Crippen LogP contribution in [0.4, 0.5) is 4.79 Å². The van der Waals surface area contributed by atoms with E-state index in [-0.39, 0.29) is 17.0 Å². The maximum atomic E-state index is 12.0. The Hall–Kier alpha value is -2.08. The van der Waals surface area contributed by atoms with Gasteiger partial charge >= 0.3 is 6.09 Å². The van der Waals surface area contributed by atoms with Gasteiger partial charge in [0.1, 0.15) is 5.60 Å². The molecule has 132 valence electrons. The molecule has 1 aromatic heterocycles. The van der Waals surface area contributed by atoms with Gasteiger partial charge in [-0.15, -0.1) is 0 Å². The van der Waals surface area contributed by atoms with Crippen LogP contribution >= 0.6 is 11.6 Å². The highest BCUT2D eigenvalue weighted by Crippen LogP contribution is 2.67. The fraction of sp³-hybridized carbons (Fsp3) is 0.500. The van der Waals surface area contributed by atoms with Crippen LogP contribution < -0.4 is 5.32 Å². The summed E-state index contributed by atoms with van der Waals surface area (Å²) in [5.74, 6) is 1.20. The molecule has 3 aliphatic rings. The number of carbonyl (C=O) groups is 1. The molecular weight excluding hydrogens is 342 g/mol. The number of hydrogen-bond acceptors (Lipinski definition) is 5. The topological polar surface area (TPSA) is 77.2 Å². The largest absolute Gasteiger partial charge is 0.444 e. The number of ether oxygens (including phenoxy) is 1. The van der Waals surface area contributed by atoms with Gasteiger partial charge in [-0.25, -0.2) is 4.79 Å². The number of nitrogens with zero attached hydrogens (tertiary/aromatic N) is 2. The number of carbonyl (C=O) groups excluding carboxylic acids is 1. The lowest BCUT2D eigenvalue weighted by atomic mass is 9.39. The van der Waals surface area contributed by atoms with Crippen molar-refractivity contribution in [3.8, 4) is 11.4 Å². The van der Waals surface area contributed by atoms with Crippen LogP contribution in [-0.2, 0) is 10.2 Å². The number of rotatable bonds is 3. The molecule has 7 heteroatoms. The third kappa shape index (κ3) is 2.88. The van der Waals surface area contributed by atoms with E-state index in [2.05, 4.69) is 15.5 Å². The number of hydrogen-bond donors (Lipinski definition) is 1. The zero-order valence-corrected chi connectivity index (χ0v) is 15.2. The van der Waals surface area contributed by atoms with Gasteiger partial charge in [0.15, 0.2) is 0 Å². The molecule has 1 aromatic carbocycles. The van der Waals surface area contributed by atoms with Crippen LogP contribution in [0.5, 0.6) is 0 Å². The molecule has 3 saturated carbocycles. The minimum Gasteiger partial charge on any atom is -0.444 e. The van der Waals surface area contributed by atoms with Crippen LogP contribution in [0.15, 0.2) is 28.8 Å². The van der Waals surface area contributed by atoms with E-state index in [9.17, 15) is 4.79 Å². The van der Waals surface area contributed by atoms with Crippen molar-refractivity contribution in [3.05, 3.63) is 35.2 Å². The lowest BCUT2D eigenvalue weighted by Crippen LogP contribution is -2.77. The zero-order valence-electron chi connectivity index (χ0n) is 14.4. The van der Waals surface area contributed by atoms with Crippen molar-refractivity contribution in [2.24, 2.45) is 0 Å². The molecule has 2 bridgehead atoms. The van der Waals surface area contributed by atoms with Crippen molar-refractivity contribution >= 4 is 17.7 Å². The van der Waals surface area contributed by atoms with Gasteiger partial charge in [0.05, 0.1) is 5.41 Å². The van der Waals surface area contributed by atoms with Crippen LogP contribution in [0.2, 0.25) is 5.02 Å². The zero-order chi connectivity index (χ0) is 17.9. The third-order valence-electron chi connectivity index (χ3n) is 4.78. The molecule has 25 heavy (non-hydrogen) atoms. The molecule has 0 saturated heterocycles. The van der Waals surface area contributed by atoms with Gasteiger partial charge < -0.3 is 14.6 Å². The first-order chi connectivity index (χ1) is 11.7. The Morgan fingerprint density at radius 2 is 1.88 bits per heavy atom. The van der Waals surface area contributed by atoms with Crippen molar-refractivity contribution in [1.82, 2.24) is 15.5 Å². The summed E-state index contributed by atoms with van der Waals surface area (Å²) in [5, 5.41) is 7.74. The molecule has 1 N–H and O–H groups in total. The maximum Gasteiger partial charge on any atom is 0.408 e. The van der Waals surface area contributed by atoms with Crippen LogP contribution in [-0.4, -0.2) is 27.4 Å². The second kappa shape index (κ2) is 5.21. The van der Waals surface area contributed by atoms with E-state index in [1.54, 1.807) is 12.1 Å². The quantitative estimate of drug-likeness (QED) is 0.890. The molecule has 0 atom stereocenters. The Balaban J connectivity index is 1.40. The molecule has 1 heterocycles. The monoisotopic (exact) mass is 361 g/mol. The molecule has 0 aliphatic heterocycles. The molecule has 3 aliphatic carbocycles. The van der Waals surface area contributed by atoms with Crippen molar-refractivity contribution < 1.29 is 14.1 Å². The number of aromatic nitrogens is 2. The minimum absolute atomic E-state index is 0.104. The molecule has 6 nitrogen and oxygen atoms in total. The fourth-order valence-corrected chi connectivity index (χ4v) is 3.95. The van der Waals surface area contributed by atoms with Crippen molar-refractivity contribution in [1.29, 1.82) is 0 Å². The summed E-state index contributed by atoms with van der Waals surface area (Å²) in [7, 11) is 0. The van der Waals surface area contributed by atoms with E-state index in [0.29, 0.717) is 16.7 Å². The van der Waals surface area contributed by atoms with E-state index in [1.165, 1.54) is 0 Å². The maximum absolute atomic E-state index is 12.0. The molecule has 0 radical (unpaired) electrons. The van der Waals surface area contributed by atoms with Gasteiger partial charge in [-0.3, -0.25) is 0 Å². The molecular formula is C18H20ClN3O3. The van der Waals surface area contributed by atoms with E-state index < -0.39 is 5.60 Å². The summed E-state index contributed by atoms with van der Waals surface area (Å²) in [6, 6.07) is 7.33. The van der Waals surface area contributed by atoms with Crippen LogP contribution in [0.25, 0.3) is 11.4 Å².